The van der Waals surface area contributed by atoms with E-state index in [0.29, 0.717) is 18.4 Å². The second kappa shape index (κ2) is 11.0. The number of unbranched alkanes of at least 4 members (excludes halogenated alkanes) is 2. The third-order valence-corrected chi connectivity index (χ3v) is 7.45. The van der Waals surface area contributed by atoms with Crippen LogP contribution in [0.2, 0.25) is 0 Å². The van der Waals surface area contributed by atoms with Crippen LogP contribution >= 0.6 is 0 Å². The van der Waals surface area contributed by atoms with Crippen molar-refractivity contribution in [2.24, 2.45) is 0 Å². The number of benzene rings is 1. The van der Waals surface area contributed by atoms with E-state index in [9.17, 15) is 4.79 Å². The number of imidazole rings is 1. The van der Waals surface area contributed by atoms with Gasteiger partial charge in [-0.2, -0.15) is 5.21 Å². The number of nitrogens with zero attached hydrogens (tertiary/aromatic N) is 6. The SMILES string of the molecule is CCCCCc1c(C)n(C2CCCCC2)c(=O)n1Cc1ccc(-c2ccccc2-c2nn[nH]n2)nc1. The van der Waals surface area contributed by atoms with Crippen LogP contribution in [-0.2, 0) is 13.0 Å². The lowest BCUT2D eigenvalue weighted by molar-refractivity contribution is 0.340. The molecule has 188 valence electrons. The predicted molar refractivity (Wildman–Crippen MR) is 141 cm³/mol. The lowest BCUT2D eigenvalue weighted by atomic mass is 9.95. The van der Waals surface area contributed by atoms with Crippen molar-refractivity contribution >= 4 is 0 Å². The molecule has 0 bridgehead atoms. The number of H-pyrrole nitrogens is 1. The van der Waals surface area contributed by atoms with Crippen molar-refractivity contribution in [3.05, 3.63) is 70.0 Å². The Labute approximate surface area is 211 Å². The predicted octanol–water partition coefficient (Wildman–Crippen LogP) is 5.49. The van der Waals surface area contributed by atoms with E-state index in [1.807, 2.05) is 41.1 Å². The second-order valence-electron chi connectivity index (χ2n) is 9.85. The molecule has 0 amide bonds. The average Bonchev–Trinajstić information content (AvgIpc) is 3.53. The van der Waals surface area contributed by atoms with Crippen molar-refractivity contribution in [3.63, 3.8) is 0 Å². The average molecular weight is 486 g/mol. The van der Waals surface area contributed by atoms with Gasteiger partial charge in [0.1, 0.15) is 0 Å². The van der Waals surface area contributed by atoms with Crippen LogP contribution in [0.1, 0.15) is 81.3 Å². The molecule has 8 nitrogen and oxygen atoms in total. The van der Waals surface area contributed by atoms with Gasteiger partial charge in [0, 0.05) is 34.8 Å². The number of aromatic amines is 1. The van der Waals surface area contributed by atoms with Crippen LogP contribution in [0.5, 0.6) is 0 Å². The Morgan fingerprint density at radius 3 is 2.53 bits per heavy atom. The zero-order valence-corrected chi connectivity index (χ0v) is 21.3. The van der Waals surface area contributed by atoms with Crippen LogP contribution in [0.25, 0.3) is 22.6 Å². The minimum absolute atomic E-state index is 0.137. The molecule has 3 heterocycles. The maximum atomic E-state index is 13.7. The minimum Gasteiger partial charge on any atom is -0.293 e. The molecule has 36 heavy (non-hydrogen) atoms. The standard InChI is InChI=1S/C28H35N7O/c1-3-4-6-15-26-20(2)35(22-11-7-5-8-12-22)28(36)34(26)19-21-16-17-25(29-18-21)23-13-9-10-14-24(23)27-30-32-33-31-27/h9-10,13-14,16-18,22H,3-8,11-12,15,19H2,1-2H3,(H,30,31,32,33). The van der Waals surface area contributed by atoms with Gasteiger partial charge in [0.05, 0.1) is 12.2 Å². The molecule has 1 aliphatic rings. The van der Waals surface area contributed by atoms with E-state index in [4.69, 9.17) is 4.98 Å². The van der Waals surface area contributed by atoms with E-state index in [1.165, 1.54) is 37.8 Å². The summed E-state index contributed by atoms with van der Waals surface area (Å²) in [6.45, 7) is 4.90. The molecular formula is C28H35N7O. The molecule has 1 fully saturated rings. The zero-order chi connectivity index (χ0) is 24.9. The first-order valence-corrected chi connectivity index (χ1v) is 13.3. The highest BCUT2D eigenvalue weighted by Crippen LogP contribution is 2.30. The molecule has 0 unspecified atom stereocenters. The first-order valence-electron chi connectivity index (χ1n) is 13.3. The van der Waals surface area contributed by atoms with Gasteiger partial charge in [-0.1, -0.05) is 69.4 Å². The normalized spacial score (nSPS) is 14.4. The highest BCUT2D eigenvalue weighted by Gasteiger charge is 2.24. The van der Waals surface area contributed by atoms with Gasteiger partial charge in [-0.15, -0.1) is 10.2 Å². The zero-order valence-electron chi connectivity index (χ0n) is 21.3. The van der Waals surface area contributed by atoms with Crippen LogP contribution in [0.3, 0.4) is 0 Å². The largest absolute Gasteiger partial charge is 0.329 e. The Morgan fingerprint density at radius 1 is 1.03 bits per heavy atom. The van der Waals surface area contributed by atoms with E-state index in [1.54, 1.807) is 0 Å². The lowest BCUT2D eigenvalue weighted by Crippen LogP contribution is -2.29. The summed E-state index contributed by atoms with van der Waals surface area (Å²) in [6.07, 6.45) is 12.2. The van der Waals surface area contributed by atoms with Crippen LogP contribution in [0.4, 0.5) is 0 Å². The topological polar surface area (TPSA) is 94.3 Å². The molecule has 1 saturated carbocycles. The maximum Gasteiger partial charge on any atom is 0.329 e. The van der Waals surface area contributed by atoms with Crippen LogP contribution in [0, 0.1) is 6.92 Å². The van der Waals surface area contributed by atoms with Crippen molar-refractivity contribution in [2.45, 2.75) is 84.2 Å². The summed E-state index contributed by atoms with van der Waals surface area (Å²) in [7, 11) is 0. The van der Waals surface area contributed by atoms with Gasteiger partial charge in [-0.3, -0.25) is 14.1 Å². The number of hydrogen-bond acceptors (Lipinski definition) is 5. The fourth-order valence-electron chi connectivity index (χ4n) is 5.55. The molecule has 1 N–H and O–H groups in total. The molecule has 0 aliphatic heterocycles. The first-order chi connectivity index (χ1) is 17.7. The molecular weight excluding hydrogens is 450 g/mol. The fourth-order valence-corrected chi connectivity index (χ4v) is 5.55. The van der Waals surface area contributed by atoms with Gasteiger partial charge in [0.15, 0.2) is 0 Å². The van der Waals surface area contributed by atoms with Crippen molar-refractivity contribution in [2.75, 3.05) is 0 Å². The third kappa shape index (κ3) is 4.90. The number of nitrogens with one attached hydrogen (secondary N) is 1. The van der Waals surface area contributed by atoms with Crippen molar-refractivity contribution in [3.8, 4) is 22.6 Å². The van der Waals surface area contributed by atoms with Gasteiger partial charge in [-0.05, 0) is 49.5 Å². The third-order valence-electron chi connectivity index (χ3n) is 7.45. The summed E-state index contributed by atoms with van der Waals surface area (Å²) in [5.74, 6) is 0.541. The number of aromatic nitrogens is 7. The summed E-state index contributed by atoms with van der Waals surface area (Å²) in [5.41, 5.74) is 6.16. The monoisotopic (exact) mass is 485 g/mol. The molecule has 4 aromatic rings. The Morgan fingerprint density at radius 2 is 1.83 bits per heavy atom. The minimum atomic E-state index is 0.137. The Kier molecular flexibility index (Phi) is 7.39. The maximum absolute atomic E-state index is 13.7. The van der Waals surface area contributed by atoms with Gasteiger partial charge in [-0.25, -0.2) is 4.79 Å². The molecule has 1 aromatic carbocycles. The van der Waals surface area contributed by atoms with E-state index in [0.717, 1.165) is 53.8 Å². The second-order valence-corrected chi connectivity index (χ2v) is 9.85. The van der Waals surface area contributed by atoms with E-state index in [-0.39, 0.29) is 5.69 Å². The summed E-state index contributed by atoms with van der Waals surface area (Å²) in [5, 5.41) is 14.5. The van der Waals surface area contributed by atoms with Gasteiger partial charge in [0.25, 0.3) is 0 Å². The van der Waals surface area contributed by atoms with Crippen LogP contribution in [-0.4, -0.2) is 34.7 Å². The van der Waals surface area contributed by atoms with Crippen molar-refractivity contribution < 1.29 is 0 Å². The Hall–Kier alpha value is -3.55. The van der Waals surface area contributed by atoms with E-state index >= 15 is 0 Å². The quantitative estimate of drug-likeness (QED) is 0.317. The fraction of sp³-hybridized carbons (Fsp3) is 0.464. The number of hydrogen-bond donors (Lipinski definition) is 1. The van der Waals surface area contributed by atoms with Crippen molar-refractivity contribution in [1.82, 2.24) is 34.7 Å². The lowest BCUT2D eigenvalue weighted by Gasteiger charge is -2.23. The highest BCUT2D eigenvalue weighted by molar-refractivity contribution is 5.78. The summed E-state index contributed by atoms with van der Waals surface area (Å²) in [4.78, 5) is 18.5. The van der Waals surface area contributed by atoms with Gasteiger partial charge in [0.2, 0.25) is 5.82 Å². The van der Waals surface area contributed by atoms with Crippen molar-refractivity contribution in [1.29, 1.82) is 0 Å². The molecule has 8 heteroatoms. The molecule has 0 radical (unpaired) electrons. The molecule has 0 atom stereocenters. The van der Waals surface area contributed by atoms with Crippen LogP contribution < -0.4 is 5.69 Å². The highest BCUT2D eigenvalue weighted by atomic mass is 16.1. The number of rotatable bonds is 9. The molecule has 1 aliphatic carbocycles. The molecule has 0 saturated heterocycles. The smallest absolute Gasteiger partial charge is 0.293 e. The summed E-state index contributed by atoms with van der Waals surface area (Å²) >= 11 is 0. The van der Waals surface area contributed by atoms with E-state index in [2.05, 4.69) is 45.1 Å². The van der Waals surface area contributed by atoms with Gasteiger partial charge < -0.3 is 0 Å². The molecule has 3 aromatic heterocycles. The molecule has 5 rings (SSSR count). The molecule has 0 spiro atoms. The van der Waals surface area contributed by atoms with Crippen LogP contribution in [0.15, 0.2) is 47.4 Å². The van der Waals surface area contributed by atoms with E-state index < -0.39 is 0 Å². The Balaban J connectivity index is 1.45. The Bertz CT molecular complexity index is 1330. The summed E-state index contributed by atoms with van der Waals surface area (Å²) < 4.78 is 4.10. The number of tetrazole rings is 1. The number of pyridine rings is 1. The first kappa shape index (κ1) is 24.2. The van der Waals surface area contributed by atoms with Gasteiger partial charge >= 0.3 is 5.69 Å². The summed E-state index contributed by atoms with van der Waals surface area (Å²) in [6, 6.07) is 12.3.